The highest BCUT2D eigenvalue weighted by Crippen LogP contribution is 2.31. The molecule has 0 aromatic rings. The van der Waals surface area contributed by atoms with Crippen LogP contribution in [0.15, 0.2) is 23.3 Å². The molecule has 17 heavy (non-hydrogen) atoms. The molecule has 0 rings (SSSR count). The molecule has 0 bridgehead atoms. The normalized spacial score (nSPS) is 15.9. The molecule has 2 heteroatoms. The molecular weight excluding hydrogens is 212 g/mol. The highest BCUT2D eigenvalue weighted by molar-refractivity contribution is 5.74. The number of carboxylic acids is 1. The van der Waals surface area contributed by atoms with E-state index < -0.39 is 11.4 Å². The van der Waals surface area contributed by atoms with Gasteiger partial charge in [-0.05, 0) is 50.7 Å². The molecule has 0 radical (unpaired) electrons. The van der Waals surface area contributed by atoms with Gasteiger partial charge in [0.1, 0.15) is 0 Å². The molecule has 0 fully saturated rings. The molecule has 1 N–H and O–H groups in total. The predicted octanol–water partition coefficient (Wildman–Crippen LogP) is 4.43. The van der Waals surface area contributed by atoms with Crippen LogP contribution >= 0.6 is 0 Å². The maximum Gasteiger partial charge on any atom is 0.309 e. The smallest absolute Gasteiger partial charge is 0.309 e. The molecule has 0 aromatic heterocycles. The van der Waals surface area contributed by atoms with Gasteiger partial charge < -0.3 is 5.11 Å². The summed E-state index contributed by atoms with van der Waals surface area (Å²) in [6.45, 7) is 11.8. The number of hydrogen-bond donors (Lipinski definition) is 1. The number of allylic oxidation sites excluding steroid dienone is 4. The summed E-state index contributed by atoms with van der Waals surface area (Å²) in [5, 5.41) is 9.21. The Morgan fingerprint density at radius 1 is 1.24 bits per heavy atom. The quantitative estimate of drug-likeness (QED) is 0.695. The maximum atomic E-state index is 11.2. The van der Waals surface area contributed by atoms with Crippen LogP contribution in [-0.2, 0) is 4.79 Å². The van der Waals surface area contributed by atoms with E-state index in [1.54, 1.807) is 13.8 Å². The Labute approximate surface area is 105 Å². The summed E-state index contributed by atoms with van der Waals surface area (Å²) < 4.78 is 0. The van der Waals surface area contributed by atoms with Crippen LogP contribution in [-0.4, -0.2) is 11.1 Å². The van der Waals surface area contributed by atoms with Crippen LogP contribution in [0.25, 0.3) is 0 Å². The van der Waals surface area contributed by atoms with E-state index in [1.165, 1.54) is 11.1 Å². The number of carbonyl (C=O) groups is 1. The molecule has 1 atom stereocenters. The van der Waals surface area contributed by atoms with Gasteiger partial charge in [0.05, 0.1) is 5.41 Å². The summed E-state index contributed by atoms with van der Waals surface area (Å²) in [6, 6.07) is 0. The summed E-state index contributed by atoms with van der Waals surface area (Å²) in [6.07, 6.45) is 6.19. The number of rotatable bonds is 6. The summed E-state index contributed by atoms with van der Waals surface area (Å²) >= 11 is 0. The van der Waals surface area contributed by atoms with Crippen molar-refractivity contribution in [1.82, 2.24) is 0 Å². The minimum Gasteiger partial charge on any atom is -0.481 e. The lowest BCUT2D eigenvalue weighted by Crippen LogP contribution is -2.30. The zero-order valence-corrected chi connectivity index (χ0v) is 12.0. The second kappa shape index (κ2) is 6.63. The van der Waals surface area contributed by atoms with Crippen LogP contribution in [0.3, 0.4) is 0 Å². The van der Waals surface area contributed by atoms with Gasteiger partial charge in [0.15, 0.2) is 0 Å². The number of aliphatic carboxylic acids is 1. The second-order valence-corrected chi connectivity index (χ2v) is 5.03. The first-order valence-corrected chi connectivity index (χ1v) is 6.40. The van der Waals surface area contributed by atoms with E-state index in [4.69, 9.17) is 0 Å². The van der Waals surface area contributed by atoms with Crippen LogP contribution in [0.1, 0.15) is 54.4 Å². The summed E-state index contributed by atoms with van der Waals surface area (Å²) in [4.78, 5) is 11.2. The molecular formula is C15H26O2. The molecule has 2 nitrogen and oxygen atoms in total. The first kappa shape index (κ1) is 16.0. The van der Waals surface area contributed by atoms with E-state index in [0.717, 1.165) is 12.8 Å². The molecule has 0 heterocycles. The van der Waals surface area contributed by atoms with Gasteiger partial charge in [0.2, 0.25) is 0 Å². The second-order valence-electron chi connectivity index (χ2n) is 5.03. The Bertz CT molecular complexity index is 322. The van der Waals surface area contributed by atoms with Gasteiger partial charge in [-0.25, -0.2) is 0 Å². The lowest BCUT2D eigenvalue weighted by Gasteiger charge is -2.26. The molecule has 0 saturated carbocycles. The lowest BCUT2D eigenvalue weighted by molar-refractivity contribution is -0.148. The van der Waals surface area contributed by atoms with Crippen LogP contribution in [0.4, 0.5) is 0 Å². The van der Waals surface area contributed by atoms with Crippen molar-refractivity contribution in [3.8, 4) is 0 Å². The lowest BCUT2D eigenvalue weighted by atomic mass is 9.78. The van der Waals surface area contributed by atoms with E-state index in [9.17, 15) is 9.90 Å². The van der Waals surface area contributed by atoms with Crippen molar-refractivity contribution in [2.24, 2.45) is 11.3 Å². The predicted molar refractivity (Wildman–Crippen MR) is 73.0 cm³/mol. The van der Waals surface area contributed by atoms with Gasteiger partial charge in [-0.1, -0.05) is 32.9 Å². The molecule has 0 aliphatic heterocycles. The fourth-order valence-corrected chi connectivity index (χ4v) is 1.77. The maximum absolute atomic E-state index is 11.2. The largest absolute Gasteiger partial charge is 0.481 e. The van der Waals surface area contributed by atoms with Crippen molar-refractivity contribution < 1.29 is 9.90 Å². The molecule has 0 aromatic carbocycles. The minimum atomic E-state index is -0.741. The Kier molecular flexibility index (Phi) is 6.22. The van der Waals surface area contributed by atoms with Crippen LogP contribution in [0.5, 0.6) is 0 Å². The zero-order valence-electron chi connectivity index (χ0n) is 12.0. The molecule has 1 unspecified atom stereocenters. The van der Waals surface area contributed by atoms with Crippen molar-refractivity contribution in [1.29, 1.82) is 0 Å². The van der Waals surface area contributed by atoms with Crippen LogP contribution < -0.4 is 0 Å². The SMILES string of the molecule is C/C=C(CC)\C(=C/C(C)C(C)(C)C(=O)O)CC. The third kappa shape index (κ3) is 4.03. The van der Waals surface area contributed by atoms with Crippen molar-refractivity contribution in [2.75, 3.05) is 0 Å². The Morgan fingerprint density at radius 2 is 1.71 bits per heavy atom. The zero-order chi connectivity index (χ0) is 13.6. The van der Waals surface area contributed by atoms with E-state index in [2.05, 4.69) is 26.0 Å². The Hall–Kier alpha value is -1.05. The van der Waals surface area contributed by atoms with Crippen LogP contribution in [0.2, 0.25) is 0 Å². The average Bonchev–Trinajstić information content (AvgIpc) is 2.28. The van der Waals surface area contributed by atoms with Gasteiger partial charge in [-0.2, -0.15) is 0 Å². The molecule has 0 aliphatic carbocycles. The van der Waals surface area contributed by atoms with Crippen molar-refractivity contribution in [3.63, 3.8) is 0 Å². The van der Waals surface area contributed by atoms with Gasteiger partial charge in [-0.15, -0.1) is 0 Å². The summed E-state index contributed by atoms with van der Waals surface area (Å²) in [5.41, 5.74) is 1.88. The van der Waals surface area contributed by atoms with Gasteiger partial charge in [0.25, 0.3) is 0 Å². The van der Waals surface area contributed by atoms with Gasteiger partial charge in [-0.3, -0.25) is 4.79 Å². The average molecular weight is 238 g/mol. The van der Waals surface area contributed by atoms with Gasteiger partial charge >= 0.3 is 5.97 Å². The molecule has 0 saturated heterocycles. The summed E-state index contributed by atoms with van der Waals surface area (Å²) in [5.74, 6) is -0.716. The van der Waals surface area contributed by atoms with E-state index in [1.807, 2.05) is 13.8 Å². The Morgan fingerprint density at radius 3 is 2.00 bits per heavy atom. The fourth-order valence-electron chi connectivity index (χ4n) is 1.77. The number of hydrogen-bond acceptors (Lipinski definition) is 1. The third-order valence-corrected chi connectivity index (χ3v) is 3.66. The van der Waals surface area contributed by atoms with Gasteiger partial charge in [0, 0.05) is 0 Å². The fraction of sp³-hybridized carbons (Fsp3) is 0.667. The van der Waals surface area contributed by atoms with Crippen molar-refractivity contribution >= 4 is 5.97 Å². The van der Waals surface area contributed by atoms with E-state index >= 15 is 0 Å². The standard InChI is InChI=1S/C15H26O2/c1-7-12(8-2)13(9-3)10-11(4)15(5,6)14(16)17/h7,10-11H,8-9H2,1-6H3,(H,16,17)/b12-7-,13-10-. The van der Waals surface area contributed by atoms with E-state index in [0.29, 0.717) is 0 Å². The molecule has 0 spiro atoms. The number of carboxylic acid groups (broad SMARTS) is 1. The summed E-state index contributed by atoms with van der Waals surface area (Å²) in [7, 11) is 0. The first-order chi connectivity index (χ1) is 7.81. The topological polar surface area (TPSA) is 37.3 Å². The minimum absolute atomic E-state index is 0.0245. The monoisotopic (exact) mass is 238 g/mol. The first-order valence-electron chi connectivity index (χ1n) is 6.40. The Balaban J connectivity index is 5.17. The highest BCUT2D eigenvalue weighted by atomic mass is 16.4. The molecule has 0 aliphatic rings. The van der Waals surface area contributed by atoms with E-state index in [-0.39, 0.29) is 5.92 Å². The van der Waals surface area contributed by atoms with Crippen molar-refractivity contribution in [2.45, 2.75) is 54.4 Å². The van der Waals surface area contributed by atoms with Crippen LogP contribution in [0, 0.1) is 11.3 Å². The molecule has 98 valence electrons. The van der Waals surface area contributed by atoms with Crippen molar-refractivity contribution in [3.05, 3.63) is 23.3 Å². The molecule has 0 amide bonds. The highest BCUT2D eigenvalue weighted by Gasteiger charge is 2.32. The third-order valence-electron chi connectivity index (χ3n) is 3.66.